The monoisotopic (exact) mass is 460 g/mol. The van der Waals surface area contributed by atoms with Crippen molar-refractivity contribution >= 4 is 45.0 Å². The molecule has 2 aromatic rings. The maximum Gasteiger partial charge on any atom is 0.240 e. The van der Waals surface area contributed by atoms with Gasteiger partial charge >= 0.3 is 0 Å². The highest BCUT2D eigenvalue weighted by Crippen LogP contribution is 2.28. The molecular weight excluding hydrogens is 439 g/mol. The Morgan fingerprint density at radius 1 is 1.28 bits per heavy atom. The second-order valence-electron chi connectivity index (χ2n) is 6.38. The van der Waals surface area contributed by atoms with Gasteiger partial charge in [-0.15, -0.1) is 11.8 Å². The van der Waals surface area contributed by atoms with Crippen molar-refractivity contribution < 1.29 is 22.3 Å². The largest absolute Gasteiger partial charge is 0.495 e. The van der Waals surface area contributed by atoms with Gasteiger partial charge in [0, 0.05) is 22.4 Å². The third-order valence-corrected chi connectivity index (χ3v) is 6.66. The number of anilines is 1. The van der Waals surface area contributed by atoms with Gasteiger partial charge in [-0.1, -0.05) is 17.7 Å². The lowest BCUT2D eigenvalue weighted by Crippen LogP contribution is -2.30. The second kappa shape index (κ2) is 10.3. The Kier molecular flexibility index (Phi) is 8.33. The fraction of sp³-hybridized carbons (Fsp3) is 0.316. The summed E-state index contributed by atoms with van der Waals surface area (Å²) in [5.74, 6) is -0.239. The van der Waals surface area contributed by atoms with Gasteiger partial charge in [-0.2, -0.15) is 0 Å². The van der Waals surface area contributed by atoms with Gasteiger partial charge in [-0.05, 0) is 44.2 Å². The quantitative estimate of drug-likeness (QED) is 0.589. The summed E-state index contributed by atoms with van der Waals surface area (Å²) >= 11 is 7.16. The van der Waals surface area contributed by atoms with Gasteiger partial charge in [0.25, 0.3) is 0 Å². The number of ether oxygens (including phenoxy) is 1. The molecule has 0 saturated heterocycles. The number of carbonyl (C=O) groups excluding carboxylic acids is 1. The minimum Gasteiger partial charge on any atom is -0.495 e. The highest BCUT2D eigenvalue weighted by atomic mass is 35.5. The van der Waals surface area contributed by atoms with E-state index >= 15 is 0 Å². The minimum atomic E-state index is -3.72. The predicted octanol–water partition coefficient (Wildman–Crippen LogP) is 4.05. The number of hydrogen-bond acceptors (Lipinski definition) is 5. The summed E-state index contributed by atoms with van der Waals surface area (Å²) in [4.78, 5) is 12.3. The molecule has 10 heteroatoms. The fourth-order valence-corrected chi connectivity index (χ4v) is 4.88. The van der Waals surface area contributed by atoms with E-state index in [1.54, 1.807) is 19.9 Å². The SMILES string of the molecule is COc1ccc(S(=O)(=O)NC(C)C)cc1NC(=O)CSCc1c(F)cccc1Cl. The van der Waals surface area contributed by atoms with Crippen LogP contribution in [-0.2, 0) is 20.6 Å². The van der Waals surface area contributed by atoms with Gasteiger partial charge in [-0.3, -0.25) is 4.79 Å². The topological polar surface area (TPSA) is 84.5 Å². The molecule has 0 saturated carbocycles. The third-order valence-electron chi connectivity index (χ3n) is 3.69. The van der Waals surface area contributed by atoms with E-state index in [1.807, 2.05) is 0 Å². The van der Waals surface area contributed by atoms with Crippen LogP contribution in [0.2, 0.25) is 5.02 Å². The van der Waals surface area contributed by atoms with Gasteiger partial charge in [-0.25, -0.2) is 17.5 Å². The molecule has 0 fully saturated rings. The zero-order valence-electron chi connectivity index (χ0n) is 16.2. The average molecular weight is 461 g/mol. The van der Waals surface area contributed by atoms with Crippen molar-refractivity contribution in [2.75, 3.05) is 18.2 Å². The van der Waals surface area contributed by atoms with Crippen molar-refractivity contribution in [1.82, 2.24) is 4.72 Å². The molecule has 2 aromatic carbocycles. The zero-order valence-corrected chi connectivity index (χ0v) is 18.6. The minimum absolute atomic E-state index is 0.00749. The molecule has 1 amide bonds. The number of benzene rings is 2. The van der Waals surface area contributed by atoms with Crippen LogP contribution in [0.25, 0.3) is 0 Å². The third kappa shape index (κ3) is 6.60. The molecule has 29 heavy (non-hydrogen) atoms. The van der Waals surface area contributed by atoms with Crippen LogP contribution in [0.3, 0.4) is 0 Å². The van der Waals surface area contributed by atoms with Gasteiger partial charge < -0.3 is 10.1 Å². The van der Waals surface area contributed by atoms with Crippen LogP contribution in [-0.4, -0.2) is 33.2 Å². The van der Waals surface area contributed by atoms with Gasteiger partial charge in [0.05, 0.1) is 23.4 Å². The molecule has 0 unspecified atom stereocenters. The molecule has 0 aliphatic heterocycles. The molecule has 158 valence electrons. The van der Waals surface area contributed by atoms with Gasteiger partial charge in [0.15, 0.2) is 0 Å². The van der Waals surface area contributed by atoms with Crippen molar-refractivity contribution in [1.29, 1.82) is 0 Å². The van der Waals surface area contributed by atoms with E-state index in [-0.39, 0.29) is 34.0 Å². The molecule has 0 aromatic heterocycles. The first-order valence-corrected chi connectivity index (χ1v) is 11.7. The van der Waals surface area contributed by atoms with E-state index in [4.69, 9.17) is 16.3 Å². The lowest BCUT2D eigenvalue weighted by molar-refractivity contribution is -0.113. The summed E-state index contributed by atoms with van der Waals surface area (Å²) in [6.07, 6.45) is 0. The first-order valence-electron chi connectivity index (χ1n) is 8.65. The van der Waals surface area contributed by atoms with Gasteiger partial charge in [0.2, 0.25) is 15.9 Å². The van der Waals surface area contributed by atoms with Crippen LogP contribution >= 0.6 is 23.4 Å². The average Bonchev–Trinajstić information content (AvgIpc) is 2.63. The Bertz CT molecular complexity index is 964. The highest BCUT2D eigenvalue weighted by Gasteiger charge is 2.18. The lowest BCUT2D eigenvalue weighted by atomic mass is 10.2. The molecular formula is C19H22ClFN2O4S2. The van der Waals surface area contributed by atoms with E-state index < -0.39 is 15.8 Å². The summed E-state index contributed by atoms with van der Waals surface area (Å²) < 4.78 is 46.2. The van der Waals surface area contributed by atoms with Crippen LogP contribution in [0.4, 0.5) is 10.1 Å². The normalized spacial score (nSPS) is 11.5. The Balaban J connectivity index is 2.08. The Morgan fingerprint density at radius 2 is 2.00 bits per heavy atom. The Labute approximate surface area is 179 Å². The van der Waals surface area contributed by atoms with E-state index in [1.165, 1.54) is 49.2 Å². The Morgan fingerprint density at radius 3 is 2.62 bits per heavy atom. The lowest BCUT2D eigenvalue weighted by Gasteiger charge is -2.14. The second-order valence-corrected chi connectivity index (χ2v) is 9.49. The molecule has 0 bridgehead atoms. The summed E-state index contributed by atoms with van der Waals surface area (Å²) in [5.41, 5.74) is 0.561. The number of halogens is 2. The summed E-state index contributed by atoms with van der Waals surface area (Å²) in [6.45, 7) is 3.42. The standard InChI is InChI=1S/C19H22ClFN2O4S2/c1-12(2)23-29(25,26)13-7-8-18(27-3)17(9-13)22-19(24)11-28-10-14-15(20)5-4-6-16(14)21/h4-9,12,23H,10-11H2,1-3H3,(H,22,24). The molecule has 0 spiro atoms. The number of methoxy groups -OCH3 is 1. The Hall–Kier alpha value is -1.81. The van der Waals surface area contributed by atoms with Crippen molar-refractivity contribution in [2.24, 2.45) is 0 Å². The van der Waals surface area contributed by atoms with Crippen LogP contribution in [0.5, 0.6) is 5.75 Å². The van der Waals surface area contributed by atoms with E-state index in [2.05, 4.69) is 10.0 Å². The van der Waals surface area contributed by atoms with Gasteiger partial charge in [0.1, 0.15) is 11.6 Å². The molecule has 0 aliphatic carbocycles. The molecule has 0 radical (unpaired) electrons. The predicted molar refractivity (Wildman–Crippen MR) is 115 cm³/mol. The van der Waals surface area contributed by atoms with Crippen LogP contribution < -0.4 is 14.8 Å². The number of rotatable bonds is 9. The number of amides is 1. The number of nitrogens with one attached hydrogen (secondary N) is 2. The van der Waals surface area contributed by atoms with Crippen molar-refractivity contribution in [3.05, 3.63) is 52.8 Å². The smallest absolute Gasteiger partial charge is 0.240 e. The fourth-order valence-electron chi connectivity index (χ4n) is 2.43. The molecule has 2 rings (SSSR count). The van der Waals surface area contributed by atoms with Crippen LogP contribution in [0.15, 0.2) is 41.3 Å². The van der Waals surface area contributed by atoms with Crippen LogP contribution in [0, 0.1) is 5.82 Å². The summed E-state index contributed by atoms with van der Waals surface area (Å²) in [7, 11) is -2.31. The summed E-state index contributed by atoms with van der Waals surface area (Å²) in [6, 6.07) is 8.33. The van der Waals surface area contributed by atoms with E-state index in [0.717, 1.165) is 0 Å². The number of sulfonamides is 1. The number of hydrogen-bond donors (Lipinski definition) is 2. The molecule has 0 aliphatic rings. The molecule has 2 N–H and O–H groups in total. The maximum absolute atomic E-state index is 13.8. The van der Waals surface area contributed by atoms with Crippen molar-refractivity contribution in [3.8, 4) is 5.75 Å². The first kappa shape index (κ1) is 23.5. The number of carbonyl (C=O) groups is 1. The maximum atomic E-state index is 13.8. The first-order chi connectivity index (χ1) is 13.6. The van der Waals surface area contributed by atoms with Crippen LogP contribution in [0.1, 0.15) is 19.4 Å². The van der Waals surface area contributed by atoms with Crippen molar-refractivity contribution in [3.63, 3.8) is 0 Å². The molecule has 0 heterocycles. The molecule has 0 atom stereocenters. The zero-order chi connectivity index (χ0) is 21.6. The number of thioether (sulfide) groups is 1. The summed E-state index contributed by atoms with van der Waals surface area (Å²) in [5, 5.41) is 2.94. The molecule has 6 nitrogen and oxygen atoms in total. The van der Waals surface area contributed by atoms with E-state index in [9.17, 15) is 17.6 Å². The van der Waals surface area contributed by atoms with Crippen molar-refractivity contribution in [2.45, 2.75) is 30.5 Å². The van der Waals surface area contributed by atoms with E-state index in [0.29, 0.717) is 16.3 Å². The highest BCUT2D eigenvalue weighted by molar-refractivity contribution is 7.99.